The highest BCUT2D eigenvalue weighted by molar-refractivity contribution is 6.49. The molecule has 1 fully saturated rings. The Bertz CT molecular complexity index is 735. The van der Waals surface area contributed by atoms with E-state index in [1.54, 1.807) is 6.07 Å². The molecule has 0 saturated heterocycles. The lowest BCUT2D eigenvalue weighted by atomic mass is 9.73. The van der Waals surface area contributed by atoms with Gasteiger partial charge in [-0.2, -0.15) is 0 Å². The number of hydrogen-bond donors (Lipinski definition) is 1. The van der Waals surface area contributed by atoms with Crippen LogP contribution in [0.25, 0.3) is 5.57 Å². The van der Waals surface area contributed by atoms with Crippen LogP contribution in [0.15, 0.2) is 17.2 Å². The van der Waals surface area contributed by atoms with Crippen molar-refractivity contribution < 1.29 is 14.7 Å². The second kappa shape index (κ2) is 3.66. The first-order valence-electron chi connectivity index (χ1n) is 6.48. The van der Waals surface area contributed by atoms with Crippen LogP contribution in [0.4, 0.5) is 0 Å². The summed E-state index contributed by atoms with van der Waals surface area (Å²) in [5, 5.41) is 9.95. The van der Waals surface area contributed by atoms with Crippen molar-refractivity contribution in [1.82, 2.24) is 0 Å². The first kappa shape index (κ1) is 12.4. The molecule has 1 spiro atoms. The van der Waals surface area contributed by atoms with E-state index in [2.05, 4.69) is 0 Å². The summed E-state index contributed by atoms with van der Waals surface area (Å²) in [7, 11) is 0. The van der Waals surface area contributed by atoms with Crippen LogP contribution in [0.1, 0.15) is 35.2 Å². The number of phenolic OH excluding ortho intramolecular Hbond substituents is 1. The number of ketones is 2. The molecule has 0 heterocycles. The Hall–Kier alpha value is -1.32. The van der Waals surface area contributed by atoms with E-state index in [1.807, 2.05) is 0 Å². The Morgan fingerprint density at radius 3 is 2.75 bits per heavy atom. The molecule has 3 aliphatic carbocycles. The largest absolute Gasteiger partial charge is 0.506 e. The van der Waals surface area contributed by atoms with Crippen LogP contribution >= 0.6 is 23.2 Å². The minimum Gasteiger partial charge on any atom is -0.506 e. The molecule has 2 unspecified atom stereocenters. The number of Topliss-reactive ketones (excluding diaryl/α,β-unsaturated/α-hetero) is 2. The first-order valence-corrected chi connectivity index (χ1v) is 7.24. The summed E-state index contributed by atoms with van der Waals surface area (Å²) in [6.45, 7) is 0. The van der Waals surface area contributed by atoms with Gasteiger partial charge in [0.2, 0.25) is 0 Å². The van der Waals surface area contributed by atoms with Gasteiger partial charge in [-0.15, -0.1) is 0 Å². The highest BCUT2D eigenvalue weighted by Gasteiger charge is 2.59. The highest BCUT2D eigenvalue weighted by atomic mass is 35.5. The third kappa shape index (κ3) is 1.19. The number of rotatable bonds is 0. The molecule has 2 atom stereocenters. The smallest absolute Gasteiger partial charge is 0.177 e. The zero-order chi connectivity index (χ0) is 14.2. The Balaban J connectivity index is 2.11. The number of fused-ring (bicyclic) bond motifs is 3. The van der Waals surface area contributed by atoms with Crippen LogP contribution in [0.3, 0.4) is 0 Å². The number of phenols is 1. The van der Waals surface area contributed by atoms with Gasteiger partial charge in [0.05, 0.1) is 15.5 Å². The number of benzene rings is 1. The molecule has 3 aliphatic rings. The topological polar surface area (TPSA) is 54.4 Å². The van der Waals surface area contributed by atoms with Crippen molar-refractivity contribution in [2.75, 3.05) is 0 Å². The molecule has 1 N–H and O–H groups in total. The molecule has 4 rings (SSSR count). The summed E-state index contributed by atoms with van der Waals surface area (Å²) < 4.78 is 0. The third-order valence-corrected chi connectivity index (χ3v) is 5.61. The zero-order valence-electron chi connectivity index (χ0n) is 10.4. The molecule has 2 bridgehead atoms. The monoisotopic (exact) mass is 308 g/mol. The van der Waals surface area contributed by atoms with Crippen LogP contribution < -0.4 is 0 Å². The van der Waals surface area contributed by atoms with Gasteiger partial charge in [0.15, 0.2) is 11.6 Å². The van der Waals surface area contributed by atoms with Gasteiger partial charge >= 0.3 is 0 Å². The van der Waals surface area contributed by atoms with Gasteiger partial charge in [0.25, 0.3) is 0 Å². The maximum Gasteiger partial charge on any atom is 0.177 e. The molecule has 0 aromatic heterocycles. The minimum atomic E-state index is -0.699. The third-order valence-electron chi connectivity index (χ3n) is 4.85. The van der Waals surface area contributed by atoms with Crippen molar-refractivity contribution in [3.63, 3.8) is 0 Å². The van der Waals surface area contributed by atoms with E-state index in [1.165, 1.54) is 6.07 Å². The Morgan fingerprint density at radius 2 is 2.00 bits per heavy atom. The Labute approximate surface area is 125 Å². The molecule has 0 aliphatic heterocycles. The lowest BCUT2D eigenvalue weighted by Crippen LogP contribution is -2.30. The van der Waals surface area contributed by atoms with Gasteiger partial charge in [-0.05, 0) is 36.5 Å². The normalized spacial score (nSPS) is 30.8. The average molecular weight is 309 g/mol. The maximum absolute atomic E-state index is 12.8. The van der Waals surface area contributed by atoms with E-state index in [-0.39, 0.29) is 33.3 Å². The Morgan fingerprint density at radius 1 is 1.25 bits per heavy atom. The SMILES string of the molecule is O=C1C(Cl)=C2c3ccc(O)c(Cl)c3C(=O)C23CCC1C3. The van der Waals surface area contributed by atoms with E-state index in [0.717, 1.165) is 0 Å². The lowest BCUT2D eigenvalue weighted by Gasteiger charge is -2.28. The molecular weight excluding hydrogens is 299 g/mol. The first-order chi connectivity index (χ1) is 9.47. The number of allylic oxidation sites excluding steroid dienone is 2. The van der Waals surface area contributed by atoms with Crippen molar-refractivity contribution in [1.29, 1.82) is 0 Å². The molecule has 1 aromatic carbocycles. The van der Waals surface area contributed by atoms with Gasteiger partial charge < -0.3 is 5.11 Å². The van der Waals surface area contributed by atoms with Crippen molar-refractivity contribution in [3.8, 4) is 5.75 Å². The van der Waals surface area contributed by atoms with E-state index < -0.39 is 5.41 Å². The summed E-state index contributed by atoms with van der Waals surface area (Å²) in [5.41, 5.74) is 0.849. The van der Waals surface area contributed by atoms with Gasteiger partial charge in [-0.3, -0.25) is 9.59 Å². The zero-order valence-corrected chi connectivity index (χ0v) is 11.9. The standard InChI is InChI=1S/C15H10Cl2O3/c16-11-8(18)2-1-7-9(11)14(20)15-4-3-6(5-15)13(19)12(17)10(7)15/h1-2,6,18H,3-5H2. The summed E-state index contributed by atoms with van der Waals surface area (Å²) >= 11 is 12.3. The average Bonchev–Trinajstić information content (AvgIpc) is 2.93. The lowest BCUT2D eigenvalue weighted by molar-refractivity contribution is -0.118. The fourth-order valence-corrected chi connectivity index (χ4v) is 4.63. The molecule has 1 saturated carbocycles. The number of carbonyl (C=O) groups excluding carboxylic acids is 2. The molecule has 5 heteroatoms. The molecule has 1 aromatic rings. The van der Waals surface area contributed by atoms with Crippen molar-refractivity contribution in [2.45, 2.75) is 19.3 Å². The summed E-state index contributed by atoms with van der Waals surface area (Å²) in [6.07, 6.45) is 1.82. The second-order valence-electron chi connectivity index (χ2n) is 5.73. The van der Waals surface area contributed by atoms with E-state index in [0.29, 0.717) is 36.0 Å². The number of aromatic hydroxyl groups is 1. The van der Waals surface area contributed by atoms with E-state index >= 15 is 0 Å². The minimum absolute atomic E-state index is 0.0594. The summed E-state index contributed by atoms with van der Waals surface area (Å²) in [6, 6.07) is 3.07. The fraction of sp³-hybridized carbons (Fsp3) is 0.333. The molecule has 3 nitrogen and oxygen atoms in total. The van der Waals surface area contributed by atoms with Gasteiger partial charge in [-0.1, -0.05) is 29.3 Å². The van der Waals surface area contributed by atoms with Crippen LogP contribution in [-0.4, -0.2) is 16.7 Å². The molecule has 20 heavy (non-hydrogen) atoms. The molecule has 0 amide bonds. The fourth-order valence-electron chi connectivity index (χ4n) is 3.94. The van der Waals surface area contributed by atoms with Crippen molar-refractivity contribution >= 4 is 40.3 Å². The van der Waals surface area contributed by atoms with Gasteiger partial charge in [-0.25, -0.2) is 0 Å². The summed E-state index contributed by atoms with van der Waals surface area (Å²) in [4.78, 5) is 25.0. The molecule has 102 valence electrons. The van der Waals surface area contributed by atoms with Gasteiger partial charge in [0, 0.05) is 11.5 Å². The van der Waals surface area contributed by atoms with Gasteiger partial charge in [0.1, 0.15) is 5.75 Å². The van der Waals surface area contributed by atoms with E-state index in [4.69, 9.17) is 23.2 Å². The predicted octanol–water partition coefficient (Wildman–Crippen LogP) is 3.56. The van der Waals surface area contributed by atoms with Crippen molar-refractivity contribution in [2.24, 2.45) is 11.3 Å². The number of carbonyl (C=O) groups is 2. The molecule has 0 radical (unpaired) electrons. The predicted molar refractivity (Wildman–Crippen MR) is 75.0 cm³/mol. The van der Waals surface area contributed by atoms with E-state index in [9.17, 15) is 14.7 Å². The molecular formula is C15H10Cl2O3. The number of halogens is 2. The van der Waals surface area contributed by atoms with Crippen LogP contribution in [0.5, 0.6) is 5.75 Å². The number of hydrogen-bond acceptors (Lipinski definition) is 3. The Kier molecular flexibility index (Phi) is 2.27. The highest BCUT2D eigenvalue weighted by Crippen LogP contribution is 2.63. The quantitative estimate of drug-likeness (QED) is 0.797. The second-order valence-corrected chi connectivity index (χ2v) is 6.48. The van der Waals surface area contributed by atoms with Crippen LogP contribution in [0, 0.1) is 11.3 Å². The van der Waals surface area contributed by atoms with Crippen LogP contribution in [-0.2, 0) is 4.79 Å². The maximum atomic E-state index is 12.8. The van der Waals surface area contributed by atoms with Crippen LogP contribution in [0.2, 0.25) is 5.02 Å². The van der Waals surface area contributed by atoms with Crippen molar-refractivity contribution in [3.05, 3.63) is 33.3 Å². The summed E-state index contributed by atoms with van der Waals surface area (Å²) in [5.74, 6) is -0.445.